The van der Waals surface area contributed by atoms with Crippen LogP contribution in [0, 0.1) is 6.92 Å². The largest absolute Gasteiger partial charge is 0.356 e. The zero-order valence-electron chi connectivity index (χ0n) is 17.1. The van der Waals surface area contributed by atoms with E-state index in [2.05, 4.69) is 24.4 Å². The fourth-order valence-corrected chi connectivity index (χ4v) is 5.58. The molecule has 0 atom stereocenters. The molecule has 1 fully saturated rings. The summed E-state index contributed by atoms with van der Waals surface area (Å²) in [6.07, 6.45) is 3.57. The molecule has 1 saturated heterocycles. The Bertz CT molecular complexity index is 1270. The van der Waals surface area contributed by atoms with Gasteiger partial charge in [-0.3, -0.25) is 4.68 Å². The van der Waals surface area contributed by atoms with Gasteiger partial charge in [0.15, 0.2) is 11.5 Å². The average molecular weight is 426 g/mol. The topological polar surface area (TPSA) is 96.6 Å². The molecule has 1 aromatic carbocycles. The van der Waals surface area contributed by atoms with Crippen molar-refractivity contribution >= 4 is 32.7 Å². The van der Waals surface area contributed by atoms with Gasteiger partial charge in [0.2, 0.25) is 0 Å². The first kappa shape index (κ1) is 19.0. The van der Waals surface area contributed by atoms with Crippen LogP contribution in [0.4, 0.5) is 5.82 Å². The van der Waals surface area contributed by atoms with Crippen LogP contribution in [0.3, 0.4) is 0 Å². The lowest BCUT2D eigenvalue weighted by Crippen LogP contribution is -2.46. The molecule has 0 bridgehead atoms. The van der Waals surface area contributed by atoms with Gasteiger partial charge in [0.25, 0.3) is 10.0 Å². The predicted octanol–water partition coefficient (Wildman–Crippen LogP) is 1.72. The quantitative estimate of drug-likeness (QED) is 0.617. The first-order valence-corrected chi connectivity index (χ1v) is 11.4. The lowest BCUT2D eigenvalue weighted by Gasteiger charge is -2.38. The SMILES string of the molecule is Cc1nc(N2CCC(N(C)C3=NS(=O)(=O)c4ccccc43)CC2)c2cnn(C)c2n1. The molecule has 0 aliphatic carbocycles. The minimum atomic E-state index is -3.61. The van der Waals surface area contributed by atoms with E-state index in [1.807, 2.05) is 44.2 Å². The average Bonchev–Trinajstić information content (AvgIpc) is 3.24. The van der Waals surface area contributed by atoms with E-state index in [-0.39, 0.29) is 6.04 Å². The number of benzene rings is 1. The summed E-state index contributed by atoms with van der Waals surface area (Å²) in [7, 11) is 0.209. The Kier molecular flexibility index (Phi) is 4.28. The third-order valence-corrected chi connectivity index (χ3v) is 7.27. The molecule has 0 saturated carbocycles. The Morgan fingerprint density at radius 2 is 1.87 bits per heavy atom. The lowest BCUT2D eigenvalue weighted by molar-refractivity contribution is 0.306. The monoisotopic (exact) mass is 425 g/mol. The Balaban J connectivity index is 1.37. The summed E-state index contributed by atoms with van der Waals surface area (Å²) in [4.78, 5) is 13.8. The second-order valence-electron chi connectivity index (χ2n) is 7.82. The number of nitrogens with zero attached hydrogens (tertiary/aromatic N) is 7. The zero-order chi connectivity index (χ0) is 21.0. The highest BCUT2D eigenvalue weighted by Crippen LogP contribution is 2.31. The summed E-state index contributed by atoms with van der Waals surface area (Å²) < 4.78 is 30.6. The molecule has 0 N–H and O–H groups in total. The molecular formula is C20H23N7O2S. The van der Waals surface area contributed by atoms with Gasteiger partial charge in [-0.05, 0) is 31.9 Å². The number of hydrogen-bond donors (Lipinski definition) is 0. The van der Waals surface area contributed by atoms with Gasteiger partial charge < -0.3 is 9.80 Å². The number of aryl methyl sites for hydroxylation is 2. The number of hydrogen-bond acceptors (Lipinski definition) is 7. The molecule has 0 radical (unpaired) electrons. The van der Waals surface area contributed by atoms with Crippen LogP contribution in [-0.4, -0.2) is 65.1 Å². The Morgan fingerprint density at radius 1 is 1.13 bits per heavy atom. The summed E-state index contributed by atoms with van der Waals surface area (Å²) in [5.41, 5.74) is 1.52. The molecule has 5 rings (SSSR count). The van der Waals surface area contributed by atoms with Crippen molar-refractivity contribution in [2.24, 2.45) is 11.4 Å². The Hall–Kier alpha value is -3.01. The molecule has 0 amide bonds. The van der Waals surface area contributed by atoms with E-state index in [1.165, 1.54) is 0 Å². The standard InChI is InChI=1S/C20H23N7O2S/c1-13-22-18-16(12-21-26(18)3)19(23-13)27-10-8-14(9-11-27)25(2)20-15-6-4-5-7-17(15)30(28,29)24-20/h4-7,12,14H,8-11H2,1-3H3. The van der Waals surface area contributed by atoms with E-state index in [0.29, 0.717) is 16.3 Å². The highest BCUT2D eigenvalue weighted by molar-refractivity contribution is 7.90. The predicted molar refractivity (Wildman–Crippen MR) is 114 cm³/mol. The normalized spacial score (nSPS) is 18.5. The van der Waals surface area contributed by atoms with Crippen molar-refractivity contribution in [2.75, 3.05) is 25.0 Å². The molecule has 3 aromatic rings. The van der Waals surface area contributed by atoms with Gasteiger partial charge in [0.1, 0.15) is 16.5 Å². The molecule has 4 heterocycles. The number of piperidine rings is 1. The Labute approximate surface area is 175 Å². The summed E-state index contributed by atoms with van der Waals surface area (Å²) >= 11 is 0. The van der Waals surface area contributed by atoms with Crippen molar-refractivity contribution in [2.45, 2.75) is 30.7 Å². The van der Waals surface area contributed by atoms with Crippen LogP contribution in [0.25, 0.3) is 11.0 Å². The highest BCUT2D eigenvalue weighted by atomic mass is 32.2. The van der Waals surface area contributed by atoms with Crippen LogP contribution in [0.1, 0.15) is 24.2 Å². The van der Waals surface area contributed by atoms with Crippen LogP contribution in [0.5, 0.6) is 0 Å². The Morgan fingerprint density at radius 3 is 2.63 bits per heavy atom. The van der Waals surface area contributed by atoms with Gasteiger partial charge >= 0.3 is 0 Å². The van der Waals surface area contributed by atoms with E-state index in [1.54, 1.807) is 16.8 Å². The third-order valence-electron chi connectivity index (χ3n) is 5.94. The molecule has 30 heavy (non-hydrogen) atoms. The first-order valence-electron chi connectivity index (χ1n) is 9.93. The first-order chi connectivity index (χ1) is 14.3. The maximum atomic E-state index is 12.4. The van der Waals surface area contributed by atoms with Gasteiger partial charge in [-0.1, -0.05) is 12.1 Å². The summed E-state index contributed by atoms with van der Waals surface area (Å²) in [5.74, 6) is 2.18. The molecule has 156 valence electrons. The molecule has 0 spiro atoms. The second kappa shape index (κ2) is 6.76. The van der Waals surface area contributed by atoms with Gasteiger partial charge in [-0.25, -0.2) is 9.97 Å². The molecule has 10 heteroatoms. The van der Waals surface area contributed by atoms with Crippen molar-refractivity contribution in [1.82, 2.24) is 24.6 Å². The number of rotatable bonds is 2. The van der Waals surface area contributed by atoms with E-state index in [4.69, 9.17) is 0 Å². The van der Waals surface area contributed by atoms with Crippen LogP contribution in [0.2, 0.25) is 0 Å². The fraction of sp³-hybridized carbons (Fsp3) is 0.400. The molecule has 2 aliphatic rings. The number of amidine groups is 1. The zero-order valence-corrected chi connectivity index (χ0v) is 18.0. The minimum absolute atomic E-state index is 0.202. The molecule has 2 aromatic heterocycles. The van der Waals surface area contributed by atoms with E-state index in [9.17, 15) is 8.42 Å². The van der Waals surface area contributed by atoms with Crippen molar-refractivity contribution in [3.63, 3.8) is 0 Å². The van der Waals surface area contributed by atoms with Crippen LogP contribution < -0.4 is 4.90 Å². The molecule has 2 aliphatic heterocycles. The van der Waals surface area contributed by atoms with E-state index >= 15 is 0 Å². The number of aromatic nitrogens is 4. The van der Waals surface area contributed by atoms with E-state index < -0.39 is 10.0 Å². The van der Waals surface area contributed by atoms with Crippen LogP contribution in [0.15, 0.2) is 39.8 Å². The van der Waals surface area contributed by atoms with Crippen molar-refractivity contribution in [3.8, 4) is 0 Å². The van der Waals surface area contributed by atoms with Gasteiger partial charge in [-0.15, -0.1) is 4.40 Å². The summed E-state index contributed by atoms with van der Waals surface area (Å²) in [6, 6.07) is 7.23. The van der Waals surface area contributed by atoms with Crippen molar-refractivity contribution in [1.29, 1.82) is 0 Å². The summed E-state index contributed by atoms with van der Waals surface area (Å²) in [6.45, 7) is 3.53. The maximum Gasteiger partial charge on any atom is 0.285 e. The third kappa shape index (κ3) is 2.94. The lowest BCUT2D eigenvalue weighted by atomic mass is 10.0. The van der Waals surface area contributed by atoms with E-state index in [0.717, 1.165) is 48.6 Å². The minimum Gasteiger partial charge on any atom is -0.356 e. The van der Waals surface area contributed by atoms with Crippen LogP contribution >= 0.6 is 0 Å². The molecule has 9 nitrogen and oxygen atoms in total. The van der Waals surface area contributed by atoms with Gasteiger partial charge in [0, 0.05) is 38.8 Å². The maximum absolute atomic E-state index is 12.4. The summed E-state index contributed by atoms with van der Waals surface area (Å²) in [5, 5.41) is 5.28. The highest BCUT2D eigenvalue weighted by Gasteiger charge is 2.34. The fourth-order valence-electron chi connectivity index (χ4n) is 4.33. The number of fused-ring (bicyclic) bond motifs is 2. The van der Waals surface area contributed by atoms with Gasteiger partial charge in [0.05, 0.1) is 11.6 Å². The molecular weight excluding hydrogens is 402 g/mol. The number of anilines is 1. The molecule has 0 unspecified atom stereocenters. The van der Waals surface area contributed by atoms with Gasteiger partial charge in [-0.2, -0.15) is 13.5 Å². The smallest absolute Gasteiger partial charge is 0.285 e. The van der Waals surface area contributed by atoms with Crippen LogP contribution in [-0.2, 0) is 17.1 Å². The van der Waals surface area contributed by atoms with Crippen molar-refractivity contribution < 1.29 is 8.42 Å². The van der Waals surface area contributed by atoms with Crippen molar-refractivity contribution in [3.05, 3.63) is 41.9 Å². The number of sulfonamides is 1. The second-order valence-corrected chi connectivity index (χ2v) is 9.39.